The van der Waals surface area contributed by atoms with Gasteiger partial charge in [-0.3, -0.25) is 9.59 Å². The van der Waals surface area contributed by atoms with Crippen LogP contribution in [0.5, 0.6) is 0 Å². The van der Waals surface area contributed by atoms with E-state index in [1.165, 1.54) is 11.1 Å². The van der Waals surface area contributed by atoms with Gasteiger partial charge in [-0.2, -0.15) is 0 Å². The highest BCUT2D eigenvalue weighted by Crippen LogP contribution is 2.35. The molecule has 39 heavy (non-hydrogen) atoms. The molecule has 0 saturated heterocycles. The topological polar surface area (TPSA) is 58.2 Å². The number of rotatable bonds is 9. The Balaban J connectivity index is 1.78. The number of carbonyl (C=O) groups is 2. The van der Waals surface area contributed by atoms with Gasteiger partial charge in [0.05, 0.1) is 41.8 Å². The molecular weight excluding hydrogens is 483 g/mol. The lowest BCUT2D eigenvalue weighted by atomic mass is 9.95. The third kappa shape index (κ3) is 7.58. The summed E-state index contributed by atoms with van der Waals surface area (Å²) >= 11 is 0. The second-order valence-electron chi connectivity index (χ2n) is 12.4. The van der Waals surface area contributed by atoms with Crippen LogP contribution in [0.15, 0.2) is 48.5 Å². The summed E-state index contributed by atoms with van der Waals surface area (Å²) in [7, 11) is 12.1. The molecule has 0 saturated carbocycles. The molecule has 0 aliphatic heterocycles. The number of hydrogen-bond donors (Lipinski definition) is 2. The Labute approximate surface area is 235 Å². The van der Waals surface area contributed by atoms with Gasteiger partial charge in [-0.25, -0.2) is 0 Å². The van der Waals surface area contributed by atoms with Gasteiger partial charge in [0.25, 0.3) is 11.8 Å². The SMILES string of the molecule is CCc1ccc(C(=O)Nc2c(C)c(C)c(NC(=O)c3ccc(C[N+](C)(C)B[N+](C)(C)C)cc3)c(C)c2C)cc1. The summed E-state index contributed by atoms with van der Waals surface area (Å²) in [5.74, 6) is -0.276. The van der Waals surface area contributed by atoms with Gasteiger partial charge in [0.1, 0.15) is 0 Å². The molecule has 0 unspecified atom stereocenters. The van der Waals surface area contributed by atoms with Crippen molar-refractivity contribution >= 4 is 30.7 Å². The Morgan fingerprint density at radius 3 is 1.33 bits per heavy atom. The van der Waals surface area contributed by atoms with Crippen molar-refractivity contribution in [3.63, 3.8) is 0 Å². The fraction of sp³-hybridized carbons (Fsp3) is 0.375. The Morgan fingerprint density at radius 1 is 0.641 bits per heavy atom. The fourth-order valence-corrected chi connectivity index (χ4v) is 5.41. The molecular formula is C32H45BN4O2+2. The average molecular weight is 529 g/mol. The molecule has 0 fully saturated rings. The second kappa shape index (κ2) is 11.8. The number of carbonyl (C=O) groups excluding carboxylic acids is 2. The molecule has 0 atom stereocenters. The van der Waals surface area contributed by atoms with E-state index < -0.39 is 0 Å². The highest BCUT2D eigenvalue weighted by Gasteiger charge is 2.31. The molecule has 206 valence electrons. The van der Waals surface area contributed by atoms with Crippen LogP contribution in [0.4, 0.5) is 11.4 Å². The van der Waals surface area contributed by atoms with Crippen molar-refractivity contribution in [2.24, 2.45) is 0 Å². The maximum Gasteiger partial charge on any atom is 0.657 e. The minimum Gasteiger partial charge on any atom is -0.345 e. The molecule has 0 radical (unpaired) electrons. The monoisotopic (exact) mass is 528 g/mol. The Bertz CT molecular complexity index is 1330. The van der Waals surface area contributed by atoms with Crippen LogP contribution in [0.3, 0.4) is 0 Å². The summed E-state index contributed by atoms with van der Waals surface area (Å²) in [5, 5.41) is 6.25. The number of aryl methyl sites for hydroxylation is 1. The lowest BCUT2D eigenvalue weighted by Crippen LogP contribution is -2.56. The zero-order valence-corrected chi connectivity index (χ0v) is 25.5. The Hall–Kier alpha value is -3.42. The molecule has 2 N–H and O–H groups in total. The van der Waals surface area contributed by atoms with Gasteiger partial charge in [0.2, 0.25) is 0 Å². The van der Waals surface area contributed by atoms with Crippen LogP contribution in [0.25, 0.3) is 0 Å². The van der Waals surface area contributed by atoms with E-state index in [4.69, 9.17) is 0 Å². The van der Waals surface area contributed by atoms with Gasteiger partial charge in [0.15, 0.2) is 0 Å². The van der Waals surface area contributed by atoms with Crippen molar-refractivity contribution in [1.82, 2.24) is 0 Å². The van der Waals surface area contributed by atoms with Crippen LogP contribution >= 0.6 is 0 Å². The summed E-state index contributed by atoms with van der Waals surface area (Å²) in [4.78, 5) is 26.2. The minimum absolute atomic E-state index is 0.136. The fourth-order valence-electron chi connectivity index (χ4n) is 5.41. The molecule has 3 rings (SSSR count). The van der Waals surface area contributed by atoms with E-state index in [-0.39, 0.29) is 11.8 Å². The molecule has 3 aromatic rings. The van der Waals surface area contributed by atoms with Crippen LogP contribution in [-0.4, -0.2) is 63.4 Å². The summed E-state index contributed by atoms with van der Waals surface area (Å²) in [6, 6.07) is 15.6. The molecule has 0 aliphatic carbocycles. The first kappa shape index (κ1) is 30.1. The predicted molar refractivity (Wildman–Crippen MR) is 165 cm³/mol. The van der Waals surface area contributed by atoms with Crippen molar-refractivity contribution in [3.8, 4) is 0 Å². The van der Waals surface area contributed by atoms with Gasteiger partial charge >= 0.3 is 7.55 Å². The predicted octanol–water partition coefficient (Wildman–Crippen LogP) is 5.54. The van der Waals surface area contributed by atoms with E-state index in [0.717, 1.165) is 62.9 Å². The smallest absolute Gasteiger partial charge is 0.345 e. The zero-order valence-electron chi connectivity index (χ0n) is 25.5. The van der Waals surface area contributed by atoms with E-state index >= 15 is 0 Å². The van der Waals surface area contributed by atoms with E-state index in [2.05, 4.69) is 52.8 Å². The Morgan fingerprint density at radius 2 is 1.00 bits per heavy atom. The first-order chi connectivity index (χ1) is 18.1. The Kier molecular flexibility index (Phi) is 9.09. The molecule has 2 amide bonds. The lowest BCUT2D eigenvalue weighted by molar-refractivity contribution is -0.888. The van der Waals surface area contributed by atoms with Gasteiger partial charge < -0.3 is 19.4 Å². The van der Waals surface area contributed by atoms with Crippen LogP contribution in [0.1, 0.15) is 61.0 Å². The van der Waals surface area contributed by atoms with Crippen molar-refractivity contribution in [2.75, 3.05) is 45.9 Å². The lowest BCUT2D eigenvalue weighted by Gasteiger charge is -2.34. The average Bonchev–Trinajstić information content (AvgIpc) is 2.86. The van der Waals surface area contributed by atoms with E-state index in [9.17, 15) is 9.59 Å². The van der Waals surface area contributed by atoms with E-state index in [0.29, 0.717) is 11.1 Å². The maximum atomic E-state index is 13.2. The highest BCUT2D eigenvalue weighted by molar-refractivity contribution is 6.16. The van der Waals surface area contributed by atoms with E-state index in [1.807, 2.05) is 76.2 Å². The summed E-state index contributed by atoms with van der Waals surface area (Å²) in [6.07, 6.45) is 0.935. The first-order valence-electron chi connectivity index (χ1n) is 13.6. The summed E-state index contributed by atoms with van der Waals surface area (Å²) < 4.78 is 1.75. The van der Waals surface area contributed by atoms with Crippen molar-refractivity contribution in [1.29, 1.82) is 0 Å². The maximum absolute atomic E-state index is 13.2. The normalized spacial score (nSPS) is 11.7. The number of anilines is 2. The molecule has 0 bridgehead atoms. The summed E-state index contributed by atoms with van der Waals surface area (Å²) in [5.41, 5.74) is 9.02. The number of amides is 2. The van der Waals surface area contributed by atoms with Gasteiger partial charge in [-0.15, -0.1) is 0 Å². The molecule has 0 heterocycles. The second-order valence-corrected chi connectivity index (χ2v) is 12.4. The number of benzene rings is 3. The van der Waals surface area contributed by atoms with Crippen LogP contribution < -0.4 is 10.6 Å². The molecule has 0 aliphatic rings. The molecule has 3 aromatic carbocycles. The molecule has 7 heteroatoms. The largest absolute Gasteiger partial charge is 0.657 e. The number of nitrogens with zero attached hydrogens (tertiary/aromatic N) is 2. The molecule has 6 nitrogen and oxygen atoms in total. The highest BCUT2D eigenvalue weighted by atomic mass is 16.2. The van der Waals surface area contributed by atoms with Crippen molar-refractivity contribution in [2.45, 2.75) is 47.6 Å². The number of nitrogens with one attached hydrogen (secondary N) is 2. The van der Waals surface area contributed by atoms with E-state index in [1.54, 1.807) is 0 Å². The van der Waals surface area contributed by atoms with Gasteiger partial charge in [-0.05, 0) is 86.2 Å². The quantitative estimate of drug-likeness (QED) is 0.359. The van der Waals surface area contributed by atoms with Gasteiger partial charge in [-0.1, -0.05) is 31.2 Å². The summed E-state index contributed by atoms with van der Waals surface area (Å²) in [6.45, 7) is 10.9. The van der Waals surface area contributed by atoms with Gasteiger partial charge in [0, 0.05) is 28.1 Å². The van der Waals surface area contributed by atoms with Crippen LogP contribution in [0.2, 0.25) is 0 Å². The van der Waals surface area contributed by atoms with Crippen LogP contribution in [-0.2, 0) is 13.0 Å². The standard InChI is InChI=1S/C32H43BN4O2/c1-11-25-12-16-27(17-13-25)31(38)34-29-21(2)23(4)30(24(5)22(29)3)35-32(39)28-18-14-26(15-19-28)20-37(9,10)33-36(6,7)8/h12-19,33H,11,20H2,1-10H3/p+2. The number of hydrogen-bond acceptors (Lipinski definition) is 2. The first-order valence-corrected chi connectivity index (χ1v) is 13.6. The number of quaternary nitrogens is 2. The minimum atomic E-state index is -0.139. The van der Waals surface area contributed by atoms with Crippen molar-refractivity contribution < 1.29 is 18.4 Å². The van der Waals surface area contributed by atoms with Crippen LogP contribution in [0, 0.1) is 27.7 Å². The molecule has 0 spiro atoms. The zero-order chi connectivity index (χ0) is 29.1. The van der Waals surface area contributed by atoms with Crippen molar-refractivity contribution in [3.05, 3.63) is 93.0 Å². The third-order valence-electron chi connectivity index (χ3n) is 7.36. The molecule has 0 aromatic heterocycles. The third-order valence-corrected chi connectivity index (χ3v) is 7.36.